The zero-order chi connectivity index (χ0) is 13.8. The summed E-state index contributed by atoms with van der Waals surface area (Å²) in [5.41, 5.74) is 0. The Morgan fingerprint density at radius 3 is 2.89 bits per heavy atom. The van der Waals surface area contributed by atoms with Gasteiger partial charge in [-0.15, -0.1) is 11.3 Å². The molecule has 3 unspecified atom stereocenters. The van der Waals surface area contributed by atoms with E-state index in [9.17, 15) is 4.79 Å². The Labute approximate surface area is 118 Å². The van der Waals surface area contributed by atoms with Gasteiger partial charge in [0.15, 0.2) is 0 Å². The topological polar surface area (TPSA) is 41.6 Å². The minimum absolute atomic E-state index is 0.000330. The lowest BCUT2D eigenvalue weighted by molar-refractivity contribution is -0.131. The predicted octanol–water partition coefficient (Wildman–Crippen LogP) is 2.38. The van der Waals surface area contributed by atoms with E-state index in [0.717, 1.165) is 6.42 Å². The van der Waals surface area contributed by atoms with Gasteiger partial charge in [0, 0.05) is 18.0 Å². The summed E-state index contributed by atoms with van der Waals surface area (Å²) in [5.74, 6) is 0.187. The molecule has 3 atom stereocenters. The average molecular weight is 282 g/mol. The van der Waals surface area contributed by atoms with Gasteiger partial charge in [0.25, 0.3) is 0 Å². The molecule has 1 aliphatic heterocycles. The lowest BCUT2D eigenvalue weighted by atomic mass is 10.2. The maximum Gasteiger partial charge on any atom is 0.241 e. The summed E-state index contributed by atoms with van der Waals surface area (Å²) in [6, 6.07) is 4.03. The molecule has 4 nitrogen and oxygen atoms in total. The molecular formula is C14H22N2O2S. The minimum Gasteiger partial charge on any atom is -0.377 e. The molecule has 5 heteroatoms. The fraction of sp³-hybridized carbons (Fsp3) is 0.643. The number of carbonyl (C=O) groups excluding carboxylic acids is 1. The van der Waals surface area contributed by atoms with Gasteiger partial charge < -0.3 is 9.64 Å². The molecule has 1 N–H and O–H groups in total. The molecule has 2 rings (SSSR count). The predicted molar refractivity (Wildman–Crippen MR) is 77.1 cm³/mol. The van der Waals surface area contributed by atoms with Gasteiger partial charge in [0.05, 0.1) is 12.1 Å². The molecule has 0 spiro atoms. The number of hydrogen-bond donors (Lipinski definition) is 1. The van der Waals surface area contributed by atoms with E-state index in [1.165, 1.54) is 4.88 Å². The van der Waals surface area contributed by atoms with Crippen LogP contribution in [-0.2, 0) is 9.53 Å². The molecule has 1 aromatic heterocycles. The van der Waals surface area contributed by atoms with Crippen LogP contribution >= 0.6 is 11.3 Å². The third-order valence-electron chi connectivity index (χ3n) is 3.38. The maximum absolute atomic E-state index is 12.4. The smallest absolute Gasteiger partial charge is 0.241 e. The molecule has 1 fully saturated rings. The van der Waals surface area contributed by atoms with Crippen LogP contribution in [0.4, 0.5) is 0 Å². The average Bonchev–Trinajstić information content (AvgIpc) is 2.99. The fourth-order valence-corrected chi connectivity index (χ4v) is 3.26. The van der Waals surface area contributed by atoms with E-state index in [-0.39, 0.29) is 24.2 Å². The van der Waals surface area contributed by atoms with Crippen molar-refractivity contribution >= 4 is 17.2 Å². The van der Waals surface area contributed by atoms with E-state index < -0.39 is 0 Å². The normalized spacial score (nSPS) is 25.0. The number of ether oxygens (including phenoxy) is 1. The molecule has 1 aromatic rings. The monoisotopic (exact) mass is 282 g/mol. The summed E-state index contributed by atoms with van der Waals surface area (Å²) in [4.78, 5) is 15.5. The van der Waals surface area contributed by atoms with Gasteiger partial charge in [-0.25, -0.2) is 0 Å². The highest BCUT2D eigenvalue weighted by Crippen LogP contribution is 2.29. The molecule has 106 valence electrons. The van der Waals surface area contributed by atoms with E-state index in [0.29, 0.717) is 13.2 Å². The molecule has 1 aliphatic rings. The number of amides is 1. The summed E-state index contributed by atoms with van der Waals surface area (Å²) < 4.78 is 5.57. The van der Waals surface area contributed by atoms with E-state index in [1.54, 1.807) is 11.3 Å². The van der Waals surface area contributed by atoms with E-state index in [4.69, 9.17) is 4.74 Å². The second-order valence-electron chi connectivity index (χ2n) is 4.80. The van der Waals surface area contributed by atoms with Crippen molar-refractivity contribution in [2.24, 2.45) is 0 Å². The van der Waals surface area contributed by atoms with Crippen molar-refractivity contribution in [3.63, 3.8) is 0 Å². The largest absolute Gasteiger partial charge is 0.377 e. The summed E-state index contributed by atoms with van der Waals surface area (Å²) in [6.07, 6.45) is 0.884. The Balaban J connectivity index is 2.13. The van der Waals surface area contributed by atoms with Crippen molar-refractivity contribution < 1.29 is 9.53 Å². The first kappa shape index (κ1) is 14.5. The molecular weight excluding hydrogens is 260 g/mol. The summed E-state index contributed by atoms with van der Waals surface area (Å²) >= 11 is 1.68. The van der Waals surface area contributed by atoms with Crippen LogP contribution < -0.4 is 5.32 Å². The maximum atomic E-state index is 12.4. The van der Waals surface area contributed by atoms with Crippen LogP contribution in [0.1, 0.15) is 38.2 Å². The highest BCUT2D eigenvalue weighted by Gasteiger charge is 2.39. The number of thiophene rings is 1. The van der Waals surface area contributed by atoms with Crippen LogP contribution in [0.2, 0.25) is 0 Å². The van der Waals surface area contributed by atoms with Crippen LogP contribution in [0.25, 0.3) is 0 Å². The van der Waals surface area contributed by atoms with Crippen molar-refractivity contribution in [1.82, 2.24) is 10.2 Å². The number of nitrogens with one attached hydrogen (secondary N) is 1. The Bertz CT molecular complexity index is 408. The first-order valence-electron chi connectivity index (χ1n) is 6.88. The van der Waals surface area contributed by atoms with Crippen LogP contribution in [0.3, 0.4) is 0 Å². The first-order valence-corrected chi connectivity index (χ1v) is 7.76. The van der Waals surface area contributed by atoms with Crippen LogP contribution in [-0.4, -0.2) is 36.1 Å². The number of hydrogen-bond acceptors (Lipinski definition) is 4. The Hall–Kier alpha value is -0.910. The van der Waals surface area contributed by atoms with Gasteiger partial charge in [-0.1, -0.05) is 13.0 Å². The van der Waals surface area contributed by atoms with Crippen molar-refractivity contribution in [3.05, 3.63) is 22.4 Å². The second-order valence-corrected chi connectivity index (χ2v) is 5.78. The first-order chi connectivity index (χ1) is 9.17. The third kappa shape index (κ3) is 3.16. The van der Waals surface area contributed by atoms with Crippen LogP contribution in [0, 0.1) is 0 Å². The van der Waals surface area contributed by atoms with Gasteiger partial charge in [-0.05, 0) is 31.7 Å². The standard InChI is InChI=1S/C14H22N2O2S/c1-4-11-14(17)16(9-10(3)18-5-2)13(15-11)12-7-6-8-19-12/h6-8,10-11,13,15H,4-5,9H2,1-3H3. The molecule has 0 saturated carbocycles. The van der Waals surface area contributed by atoms with Gasteiger partial charge in [-0.2, -0.15) is 0 Å². The van der Waals surface area contributed by atoms with E-state index >= 15 is 0 Å². The molecule has 0 radical (unpaired) electrons. The number of carbonyl (C=O) groups is 1. The molecule has 0 aliphatic carbocycles. The lowest BCUT2D eigenvalue weighted by Crippen LogP contribution is -2.37. The number of nitrogens with zero attached hydrogens (tertiary/aromatic N) is 1. The Morgan fingerprint density at radius 1 is 1.53 bits per heavy atom. The molecule has 0 bridgehead atoms. The number of rotatable bonds is 6. The lowest BCUT2D eigenvalue weighted by Gasteiger charge is -2.26. The molecule has 1 saturated heterocycles. The second kappa shape index (κ2) is 6.50. The molecule has 2 heterocycles. The van der Waals surface area contributed by atoms with Crippen molar-refractivity contribution in [2.45, 2.75) is 45.5 Å². The Kier molecular flexibility index (Phi) is 4.96. The van der Waals surface area contributed by atoms with Crippen molar-refractivity contribution in [3.8, 4) is 0 Å². The zero-order valence-corrected chi connectivity index (χ0v) is 12.6. The highest BCUT2D eigenvalue weighted by molar-refractivity contribution is 7.10. The van der Waals surface area contributed by atoms with E-state index in [1.807, 2.05) is 37.1 Å². The molecule has 19 heavy (non-hydrogen) atoms. The molecule has 0 aromatic carbocycles. The quantitative estimate of drug-likeness (QED) is 0.871. The van der Waals surface area contributed by atoms with Crippen LogP contribution in [0.15, 0.2) is 17.5 Å². The summed E-state index contributed by atoms with van der Waals surface area (Å²) in [5, 5.41) is 5.47. The summed E-state index contributed by atoms with van der Waals surface area (Å²) in [7, 11) is 0. The third-order valence-corrected chi connectivity index (χ3v) is 4.30. The SMILES string of the molecule is CCOC(C)CN1C(=O)C(CC)NC1c1cccs1. The Morgan fingerprint density at radius 2 is 2.32 bits per heavy atom. The van der Waals surface area contributed by atoms with Gasteiger partial charge in [0.1, 0.15) is 6.17 Å². The summed E-state index contributed by atoms with van der Waals surface area (Å²) in [6.45, 7) is 7.35. The zero-order valence-electron chi connectivity index (χ0n) is 11.8. The van der Waals surface area contributed by atoms with E-state index in [2.05, 4.69) is 11.4 Å². The van der Waals surface area contributed by atoms with Gasteiger partial charge in [-0.3, -0.25) is 10.1 Å². The minimum atomic E-state index is -0.0686. The van der Waals surface area contributed by atoms with Crippen molar-refractivity contribution in [2.75, 3.05) is 13.2 Å². The van der Waals surface area contributed by atoms with Gasteiger partial charge >= 0.3 is 0 Å². The fourth-order valence-electron chi connectivity index (χ4n) is 2.46. The van der Waals surface area contributed by atoms with Gasteiger partial charge in [0.2, 0.25) is 5.91 Å². The van der Waals surface area contributed by atoms with Crippen molar-refractivity contribution in [1.29, 1.82) is 0 Å². The molecule has 1 amide bonds. The van der Waals surface area contributed by atoms with Crippen LogP contribution in [0.5, 0.6) is 0 Å². The highest BCUT2D eigenvalue weighted by atomic mass is 32.1.